The highest BCUT2D eigenvalue weighted by atomic mass is 32.2. The van der Waals surface area contributed by atoms with E-state index >= 15 is 0 Å². The van der Waals surface area contributed by atoms with Crippen LogP contribution in [0.5, 0.6) is 0 Å². The normalized spacial score (nSPS) is 22.1. The van der Waals surface area contributed by atoms with Gasteiger partial charge in [-0.25, -0.2) is 0 Å². The predicted molar refractivity (Wildman–Crippen MR) is 82.8 cm³/mol. The molecule has 100 valence electrons. The molecule has 0 amide bonds. The van der Waals surface area contributed by atoms with Crippen molar-refractivity contribution in [3.8, 4) is 0 Å². The number of thiocarbonyl (C=S) groups is 1. The van der Waals surface area contributed by atoms with Gasteiger partial charge in [-0.1, -0.05) is 39.9 Å². The van der Waals surface area contributed by atoms with Gasteiger partial charge in [-0.15, -0.1) is 0 Å². The van der Waals surface area contributed by atoms with Crippen molar-refractivity contribution < 1.29 is 0 Å². The second kappa shape index (κ2) is 5.89. The standard InChI is InChI=1S/C13H26N2S2/c1-12(2,11(14)16)5-7-15-8-6-13(3,4)17-10-9-15/h5-10H2,1-4H3,(H2,14,16). The molecule has 0 unspecified atom stereocenters. The number of hydrogen-bond acceptors (Lipinski definition) is 3. The molecule has 0 bridgehead atoms. The Labute approximate surface area is 116 Å². The molecule has 1 rings (SSSR count). The Hall–Kier alpha value is 0.200. The van der Waals surface area contributed by atoms with Crippen LogP contribution in [0.15, 0.2) is 0 Å². The first-order valence-electron chi connectivity index (χ1n) is 6.39. The van der Waals surface area contributed by atoms with Crippen LogP contribution in [0.1, 0.15) is 40.5 Å². The molecule has 17 heavy (non-hydrogen) atoms. The molecule has 1 aliphatic heterocycles. The fraction of sp³-hybridized carbons (Fsp3) is 0.923. The Kier molecular flexibility index (Phi) is 5.29. The van der Waals surface area contributed by atoms with Crippen molar-refractivity contribution in [2.24, 2.45) is 11.1 Å². The lowest BCUT2D eigenvalue weighted by Gasteiger charge is -2.28. The van der Waals surface area contributed by atoms with Crippen LogP contribution >= 0.6 is 24.0 Å². The monoisotopic (exact) mass is 274 g/mol. The minimum Gasteiger partial charge on any atom is -0.393 e. The van der Waals surface area contributed by atoms with Gasteiger partial charge >= 0.3 is 0 Å². The lowest BCUT2D eigenvalue weighted by molar-refractivity contribution is 0.254. The fourth-order valence-electron chi connectivity index (χ4n) is 1.85. The van der Waals surface area contributed by atoms with Crippen LogP contribution in [-0.4, -0.2) is 40.0 Å². The summed E-state index contributed by atoms with van der Waals surface area (Å²) >= 11 is 7.21. The summed E-state index contributed by atoms with van der Waals surface area (Å²) in [6.45, 7) is 12.5. The molecule has 1 heterocycles. The molecule has 1 saturated heterocycles. The van der Waals surface area contributed by atoms with Gasteiger partial charge in [0.1, 0.15) is 0 Å². The van der Waals surface area contributed by atoms with Crippen LogP contribution in [0.2, 0.25) is 0 Å². The maximum atomic E-state index is 5.77. The summed E-state index contributed by atoms with van der Waals surface area (Å²) in [5.74, 6) is 1.24. The molecule has 0 saturated carbocycles. The molecular weight excluding hydrogens is 248 g/mol. The second-order valence-electron chi connectivity index (χ2n) is 6.20. The summed E-state index contributed by atoms with van der Waals surface area (Å²) in [5, 5.41) is 0. The van der Waals surface area contributed by atoms with Gasteiger partial charge in [0.25, 0.3) is 0 Å². The van der Waals surface area contributed by atoms with Crippen molar-refractivity contribution in [1.29, 1.82) is 0 Å². The summed E-state index contributed by atoms with van der Waals surface area (Å²) in [5.41, 5.74) is 5.76. The van der Waals surface area contributed by atoms with E-state index in [4.69, 9.17) is 18.0 Å². The Morgan fingerprint density at radius 2 is 2.06 bits per heavy atom. The minimum atomic E-state index is -0.00962. The Bertz CT molecular complexity index is 275. The summed E-state index contributed by atoms with van der Waals surface area (Å²) in [4.78, 5) is 3.20. The predicted octanol–water partition coefficient (Wildman–Crippen LogP) is 2.91. The summed E-state index contributed by atoms with van der Waals surface area (Å²) < 4.78 is 0.438. The van der Waals surface area contributed by atoms with Crippen LogP contribution in [0.3, 0.4) is 0 Å². The van der Waals surface area contributed by atoms with Crippen molar-refractivity contribution >= 4 is 29.0 Å². The number of hydrogen-bond donors (Lipinski definition) is 1. The second-order valence-corrected chi connectivity index (χ2v) is 8.44. The third kappa shape index (κ3) is 5.14. The van der Waals surface area contributed by atoms with Crippen LogP contribution in [-0.2, 0) is 0 Å². The van der Waals surface area contributed by atoms with Crippen LogP contribution in [0, 0.1) is 5.41 Å². The van der Waals surface area contributed by atoms with Crippen LogP contribution < -0.4 is 5.73 Å². The zero-order valence-corrected chi connectivity index (χ0v) is 13.2. The average Bonchev–Trinajstić information content (AvgIpc) is 2.36. The van der Waals surface area contributed by atoms with Gasteiger partial charge in [0, 0.05) is 22.5 Å². The number of thioether (sulfide) groups is 1. The van der Waals surface area contributed by atoms with Gasteiger partial charge in [-0.3, -0.25) is 0 Å². The van der Waals surface area contributed by atoms with E-state index < -0.39 is 0 Å². The van der Waals surface area contributed by atoms with Gasteiger partial charge in [-0.05, 0) is 25.9 Å². The zero-order chi connectivity index (χ0) is 13.1. The Morgan fingerprint density at radius 1 is 1.41 bits per heavy atom. The maximum absolute atomic E-state index is 5.77. The van der Waals surface area contributed by atoms with Crippen molar-refractivity contribution in [3.05, 3.63) is 0 Å². The van der Waals surface area contributed by atoms with E-state index in [2.05, 4.69) is 44.4 Å². The third-order valence-electron chi connectivity index (χ3n) is 3.65. The van der Waals surface area contributed by atoms with E-state index in [-0.39, 0.29) is 5.41 Å². The van der Waals surface area contributed by atoms with Crippen molar-refractivity contribution in [3.63, 3.8) is 0 Å². The summed E-state index contributed by atoms with van der Waals surface area (Å²) in [6, 6.07) is 0. The molecule has 0 aromatic rings. The SMILES string of the molecule is CC1(C)CCN(CCC(C)(C)C(N)=S)CCS1. The van der Waals surface area contributed by atoms with E-state index in [0.29, 0.717) is 9.74 Å². The quantitative estimate of drug-likeness (QED) is 0.798. The fourth-order valence-corrected chi connectivity index (χ4v) is 3.09. The molecule has 0 aromatic heterocycles. The molecule has 1 fully saturated rings. The lowest BCUT2D eigenvalue weighted by Crippen LogP contribution is -2.36. The highest BCUT2D eigenvalue weighted by molar-refractivity contribution is 8.00. The highest BCUT2D eigenvalue weighted by Gasteiger charge is 2.26. The number of rotatable bonds is 4. The van der Waals surface area contributed by atoms with E-state index in [1.807, 2.05) is 0 Å². The molecule has 0 atom stereocenters. The molecule has 0 aromatic carbocycles. The molecule has 0 aliphatic carbocycles. The largest absolute Gasteiger partial charge is 0.393 e. The molecule has 2 N–H and O–H groups in total. The maximum Gasteiger partial charge on any atom is 0.0784 e. The van der Waals surface area contributed by atoms with E-state index in [1.165, 1.54) is 25.3 Å². The van der Waals surface area contributed by atoms with Crippen LogP contribution in [0.4, 0.5) is 0 Å². The van der Waals surface area contributed by atoms with Crippen LogP contribution in [0.25, 0.3) is 0 Å². The first kappa shape index (κ1) is 15.3. The molecule has 0 radical (unpaired) electrons. The topological polar surface area (TPSA) is 29.3 Å². The van der Waals surface area contributed by atoms with E-state index in [1.54, 1.807) is 0 Å². The Morgan fingerprint density at radius 3 is 2.65 bits per heavy atom. The first-order valence-corrected chi connectivity index (χ1v) is 7.79. The number of nitrogens with zero attached hydrogens (tertiary/aromatic N) is 1. The van der Waals surface area contributed by atoms with Gasteiger partial charge in [0.15, 0.2) is 0 Å². The van der Waals surface area contributed by atoms with Gasteiger partial charge in [0.2, 0.25) is 0 Å². The molecule has 1 aliphatic rings. The van der Waals surface area contributed by atoms with Crippen molar-refractivity contribution in [2.45, 2.75) is 45.3 Å². The summed E-state index contributed by atoms with van der Waals surface area (Å²) in [6.07, 6.45) is 2.33. The summed E-state index contributed by atoms with van der Waals surface area (Å²) in [7, 11) is 0. The molecular formula is C13H26N2S2. The highest BCUT2D eigenvalue weighted by Crippen LogP contribution is 2.31. The van der Waals surface area contributed by atoms with Crippen molar-refractivity contribution in [2.75, 3.05) is 25.4 Å². The van der Waals surface area contributed by atoms with Gasteiger partial charge < -0.3 is 10.6 Å². The average molecular weight is 274 g/mol. The van der Waals surface area contributed by atoms with E-state index in [9.17, 15) is 0 Å². The molecule has 4 heteroatoms. The third-order valence-corrected chi connectivity index (χ3v) is 5.58. The first-order chi connectivity index (χ1) is 7.73. The molecule has 2 nitrogen and oxygen atoms in total. The minimum absolute atomic E-state index is 0.00962. The smallest absolute Gasteiger partial charge is 0.0784 e. The van der Waals surface area contributed by atoms with Gasteiger partial charge in [-0.2, -0.15) is 11.8 Å². The number of nitrogens with two attached hydrogens (primary N) is 1. The van der Waals surface area contributed by atoms with Gasteiger partial charge in [0.05, 0.1) is 4.99 Å². The lowest BCUT2D eigenvalue weighted by atomic mass is 9.89. The molecule has 0 spiro atoms. The van der Waals surface area contributed by atoms with E-state index in [0.717, 1.165) is 13.0 Å². The Balaban J connectivity index is 2.40. The van der Waals surface area contributed by atoms with Crippen molar-refractivity contribution in [1.82, 2.24) is 4.90 Å². The zero-order valence-electron chi connectivity index (χ0n) is 11.6.